The van der Waals surface area contributed by atoms with E-state index < -0.39 is 0 Å². The number of benzene rings is 2. The van der Waals surface area contributed by atoms with E-state index in [9.17, 15) is 4.79 Å². The summed E-state index contributed by atoms with van der Waals surface area (Å²) in [5.41, 5.74) is 4.29. The molecule has 0 radical (unpaired) electrons. The van der Waals surface area contributed by atoms with E-state index in [-0.39, 0.29) is 5.97 Å². The number of hydrogen-bond donors (Lipinski definition) is 0. The van der Waals surface area contributed by atoms with Crippen molar-refractivity contribution in [3.05, 3.63) is 63.7 Å². The van der Waals surface area contributed by atoms with Gasteiger partial charge in [-0.1, -0.05) is 23.7 Å². The number of halogens is 1. The van der Waals surface area contributed by atoms with Crippen molar-refractivity contribution in [3.8, 4) is 5.75 Å². The zero-order chi connectivity index (χ0) is 16.4. The minimum atomic E-state index is -0.284. The number of carbonyl (C=O) groups excluding carboxylic acids is 1. The predicted molar refractivity (Wildman–Crippen MR) is 90.6 cm³/mol. The van der Waals surface area contributed by atoms with Crippen molar-refractivity contribution in [2.24, 2.45) is 0 Å². The third-order valence-corrected chi connectivity index (χ3v) is 4.83. The number of methoxy groups -OCH3 is 2. The van der Waals surface area contributed by atoms with E-state index in [1.165, 1.54) is 18.2 Å². The molecule has 1 aliphatic carbocycles. The highest BCUT2D eigenvalue weighted by Crippen LogP contribution is 2.37. The van der Waals surface area contributed by atoms with E-state index in [1.54, 1.807) is 7.11 Å². The summed E-state index contributed by atoms with van der Waals surface area (Å²) >= 11 is 6.41. The van der Waals surface area contributed by atoms with Gasteiger partial charge in [0, 0.05) is 5.02 Å². The predicted octanol–water partition coefficient (Wildman–Crippen LogP) is 4.41. The van der Waals surface area contributed by atoms with Crippen molar-refractivity contribution in [2.75, 3.05) is 14.2 Å². The normalized spacial score (nSPS) is 16.6. The van der Waals surface area contributed by atoms with Gasteiger partial charge in [-0.2, -0.15) is 0 Å². The summed E-state index contributed by atoms with van der Waals surface area (Å²) in [7, 11) is 3.05. The second-order valence-corrected chi connectivity index (χ2v) is 6.21. The van der Waals surface area contributed by atoms with E-state index in [0.717, 1.165) is 35.6 Å². The summed E-state index contributed by atoms with van der Waals surface area (Å²) < 4.78 is 10.00. The fraction of sp³-hybridized carbons (Fsp3) is 0.316. The Kier molecular flexibility index (Phi) is 4.58. The smallest absolute Gasteiger partial charge is 0.337 e. The van der Waals surface area contributed by atoms with E-state index in [4.69, 9.17) is 21.1 Å². The average Bonchev–Trinajstić information content (AvgIpc) is 2.60. The number of esters is 1. The van der Waals surface area contributed by atoms with Crippen LogP contribution in [-0.2, 0) is 17.6 Å². The van der Waals surface area contributed by atoms with Gasteiger partial charge in [0.2, 0.25) is 0 Å². The molecule has 0 N–H and O–H groups in total. The van der Waals surface area contributed by atoms with Crippen molar-refractivity contribution in [1.29, 1.82) is 0 Å². The molecule has 0 bridgehead atoms. The Morgan fingerprint density at radius 1 is 1.13 bits per heavy atom. The third kappa shape index (κ3) is 3.20. The second-order valence-electron chi connectivity index (χ2n) is 5.80. The first kappa shape index (κ1) is 15.9. The summed E-state index contributed by atoms with van der Waals surface area (Å²) in [5.74, 6) is 0.885. The Morgan fingerprint density at radius 2 is 1.96 bits per heavy atom. The lowest BCUT2D eigenvalue weighted by Crippen LogP contribution is -2.14. The molecule has 0 saturated carbocycles. The number of ether oxygens (including phenoxy) is 2. The standard InChI is InChI=1S/C19H19ClO3/c1-22-16-7-8-17(18(20)11-16)14-5-3-13-10-15(19(21)23-2)6-4-12(13)9-14/h4,6-8,10-11,14H,3,5,9H2,1-2H3. The first-order valence-electron chi connectivity index (χ1n) is 7.66. The minimum absolute atomic E-state index is 0.284. The quantitative estimate of drug-likeness (QED) is 0.782. The molecule has 4 heteroatoms. The van der Waals surface area contributed by atoms with E-state index in [1.807, 2.05) is 30.3 Å². The molecule has 0 aromatic heterocycles. The van der Waals surface area contributed by atoms with Crippen molar-refractivity contribution in [3.63, 3.8) is 0 Å². The number of hydrogen-bond acceptors (Lipinski definition) is 3. The monoisotopic (exact) mass is 330 g/mol. The molecule has 3 nitrogen and oxygen atoms in total. The van der Waals surface area contributed by atoms with Crippen LogP contribution in [0.4, 0.5) is 0 Å². The molecule has 0 spiro atoms. The molecule has 1 aliphatic rings. The largest absolute Gasteiger partial charge is 0.497 e. The van der Waals surface area contributed by atoms with Gasteiger partial charge in [-0.05, 0) is 66.1 Å². The van der Waals surface area contributed by atoms with Crippen LogP contribution >= 0.6 is 11.6 Å². The van der Waals surface area contributed by atoms with Gasteiger partial charge in [0.15, 0.2) is 0 Å². The highest BCUT2D eigenvalue weighted by Gasteiger charge is 2.23. The van der Waals surface area contributed by atoms with Crippen molar-refractivity contribution >= 4 is 17.6 Å². The van der Waals surface area contributed by atoms with Crippen molar-refractivity contribution in [1.82, 2.24) is 0 Å². The number of carbonyl (C=O) groups is 1. The molecule has 0 heterocycles. The zero-order valence-electron chi connectivity index (χ0n) is 13.3. The van der Waals surface area contributed by atoms with Gasteiger partial charge >= 0.3 is 5.97 Å². The number of aryl methyl sites for hydroxylation is 1. The highest BCUT2D eigenvalue weighted by atomic mass is 35.5. The molecule has 23 heavy (non-hydrogen) atoms. The maximum Gasteiger partial charge on any atom is 0.337 e. The van der Waals surface area contributed by atoms with Crippen LogP contribution in [0.3, 0.4) is 0 Å². The number of rotatable bonds is 3. The maximum atomic E-state index is 11.6. The molecule has 0 amide bonds. The number of fused-ring (bicyclic) bond motifs is 1. The fourth-order valence-electron chi connectivity index (χ4n) is 3.23. The Morgan fingerprint density at radius 3 is 2.65 bits per heavy atom. The van der Waals surface area contributed by atoms with Crippen molar-refractivity contribution in [2.45, 2.75) is 25.2 Å². The van der Waals surface area contributed by atoms with Crippen LogP contribution in [0.25, 0.3) is 0 Å². The molecule has 3 rings (SSSR count). The van der Waals surface area contributed by atoms with E-state index >= 15 is 0 Å². The molecule has 1 unspecified atom stereocenters. The molecule has 0 saturated heterocycles. The molecule has 0 fully saturated rings. The summed E-state index contributed by atoms with van der Waals surface area (Å²) in [6, 6.07) is 11.7. The lowest BCUT2D eigenvalue weighted by Gasteiger charge is -2.26. The van der Waals surface area contributed by atoms with Crippen LogP contribution in [0.15, 0.2) is 36.4 Å². The third-order valence-electron chi connectivity index (χ3n) is 4.50. The minimum Gasteiger partial charge on any atom is -0.497 e. The van der Waals surface area contributed by atoms with Gasteiger partial charge < -0.3 is 9.47 Å². The highest BCUT2D eigenvalue weighted by molar-refractivity contribution is 6.31. The van der Waals surface area contributed by atoms with Crippen LogP contribution in [0.1, 0.15) is 39.4 Å². The fourth-order valence-corrected chi connectivity index (χ4v) is 3.56. The van der Waals surface area contributed by atoms with E-state index in [2.05, 4.69) is 6.07 Å². The van der Waals surface area contributed by atoms with Gasteiger partial charge in [-0.3, -0.25) is 0 Å². The Hall–Kier alpha value is -2.00. The molecule has 2 aromatic carbocycles. The summed E-state index contributed by atoms with van der Waals surface area (Å²) in [6.07, 6.45) is 2.89. The summed E-state index contributed by atoms with van der Waals surface area (Å²) in [5, 5.41) is 0.754. The lowest BCUT2D eigenvalue weighted by molar-refractivity contribution is 0.0600. The van der Waals surface area contributed by atoms with Crippen LogP contribution in [-0.4, -0.2) is 20.2 Å². The van der Waals surface area contributed by atoms with Crippen LogP contribution in [0.2, 0.25) is 5.02 Å². The molecule has 0 aliphatic heterocycles. The molecule has 1 atom stereocenters. The SMILES string of the molecule is COC(=O)c1ccc2c(c1)CCC(c1ccc(OC)cc1Cl)C2. The zero-order valence-corrected chi connectivity index (χ0v) is 14.0. The Balaban J connectivity index is 1.84. The topological polar surface area (TPSA) is 35.5 Å². The van der Waals surface area contributed by atoms with Gasteiger partial charge in [0.05, 0.1) is 19.8 Å². The molecule has 2 aromatic rings. The first-order valence-corrected chi connectivity index (χ1v) is 8.03. The maximum absolute atomic E-state index is 11.6. The second kappa shape index (κ2) is 6.63. The Labute approximate surface area is 141 Å². The van der Waals surface area contributed by atoms with Gasteiger partial charge in [0.25, 0.3) is 0 Å². The van der Waals surface area contributed by atoms with Crippen LogP contribution in [0, 0.1) is 0 Å². The van der Waals surface area contributed by atoms with Gasteiger partial charge in [-0.15, -0.1) is 0 Å². The van der Waals surface area contributed by atoms with Crippen LogP contribution < -0.4 is 4.74 Å². The van der Waals surface area contributed by atoms with E-state index in [0.29, 0.717) is 11.5 Å². The van der Waals surface area contributed by atoms with Gasteiger partial charge in [0.1, 0.15) is 5.75 Å². The molecular formula is C19H19ClO3. The first-order chi connectivity index (χ1) is 11.1. The lowest BCUT2D eigenvalue weighted by atomic mass is 9.79. The van der Waals surface area contributed by atoms with Crippen LogP contribution in [0.5, 0.6) is 5.75 Å². The average molecular weight is 331 g/mol. The van der Waals surface area contributed by atoms with Gasteiger partial charge in [-0.25, -0.2) is 4.79 Å². The molecular weight excluding hydrogens is 312 g/mol. The summed E-state index contributed by atoms with van der Waals surface area (Å²) in [4.78, 5) is 11.6. The summed E-state index contributed by atoms with van der Waals surface area (Å²) in [6.45, 7) is 0. The Bertz CT molecular complexity index is 739. The van der Waals surface area contributed by atoms with Crippen molar-refractivity contribution < 1.29 is 14.3 Å². The molecule has 120 valence electrons.